The van der Waals surface area contributed by atoms with Crippen molar-refractivity contribution in [2.75, 3.05) is 39.6 Å². The van der Waals surface area contributed by atoms with Crippen LogP contribution in [0.25, 0.3) is 0 Å². The number of carbonyl (C=O) groups is 4. The zero-order valence-corrected chi connectivity index (χ0v) is 66.9. The van der Waals surface area contributed by atoms with Gasteiger partial charge in [0, 0.05) is 25.7 Å². The summed E-state index contributed by atoms with van der Waals surface area (Å²) in [5.41, 5.74) is 0. The minimum absolute atomic E-state index is 0.100. The van der Waals surface area contributed by atoms with Gasteiger partial charge in [0.15, 0.2) is 12.2 Å². The molecule has 0 rings (SSSR count). The molecule has 0 aliphatic heterocycles. The van der Waals surface area contributed by atoms with Crippen LogP contribution in [-0.2, 0) is 65.4 Å². The van der Waals surface area contributed by atoms with Crippen LogP contribution in [0.2, 0.25) is 0 Å². The molecule has 17 nitrogen and oxygen atoms in total. The van der Waals surface area contributed by atoms with Crippen molar-refractivity contribution in [3.05, 3.63) is 24.3 Å². The average Bonchev–Trinajstić information content (AvgIpc) is 0.914. The number of hydrogen-bond acceptors (Lipinski definition) is 15. The first-order valence-corrected chi connectivity index (χ1v) is 44.2. The number of aliphatic hydroxyl groups is 1. The number of allylic oxidation sites excluding steroid dienone is 4. The van der Waals surface area contributed by atoms with E-state index in [-0.39, 0.29) is 25.7 Å². The first-order chi connectivity index (χ1) is 48.3. The molecule has 0 spiro atoms. The molecule has 0 saturated heterocycles. The van der Waals surface area contributed by atoms with Gasteiger partial charge in [-0.25, -0.2) is 9.13 Å². The fourth-order valence-corrected chi connectivity index (χ4v) is 13.5. The van der Waals surface area contributed by atoms with E-state index in [4.69, 9.17) is 37.0 Å². The van der Waals surface area contributed by atoms with Crippen LogP contribution >= 0.6 is 15.6 Å². The maximum atomic E-state index is 13.1. The highest BCUT2D eigenvalue weighted by atomic mass is 31.2. The minimum atomic E-state index is -4.97. The Bertz CT molecular complexity index is 2040. The zero-order chi connectivity index (χ0) is 73.7. The second kappa shape index (κ2) is 70.8. The van der Waals surface area contributed by atoms with Crippen LogP contribution in [0.15, 0.2) is 24.3 Å². The molecule has 0 aromatic carbocycles. The molecule has 0 radical (unpaired) electrons. The fourth-order valence-electron chi connectivity index (χ4n) is 11.9. The Morgan fingerprint density at radius 1 is 0.330 bits per heavy atom. The summed E-state index contributed by atoms with van der Waals surface area (Å²) in [4.78, 5) is 73.0. The summed E-state index contributed by atoms with van der Waals surface area (Å²) in [6.45, 7) is 11.9. The van der Waals surface area contributed by atoms with Gasteiger partial charge in [-0.3, -0.25) is 37.3 Å². The third-order valence-corrected chi connectivity index (χ3v) is 20.9. The molecule has 3 N–H and O–H groups in total. The largest absolute Gasteiger partial charge is 0.472 e. The van der Waals surface area contributed by atoms with E-state index in [1.54, 1.807) is 0 Å². The molecule has 590 valence electrons. The Kier molecular flexibility index (Phi) is 69.1. The minimum Gasteiger partial charge on any atom is -0.462 e. The molecular weight excluding hydrogens is 1310 g/mol. The van der Waals surface area contributed by atoms with E-state index in [2.05, 4.69) is 72.8 Å². The second-order valence-corrected chi connectivity index (χ2v) is 32.3. The van der Waals surface area contributed by atoms with E-state index in [0.29, 0.717) is 25.7 Å². The van der Waals surface area contributed by atoms with E-state index in [1.807, 2.05) is 0 Å². The highest BCUT2D eigenvalue weighted by molar-refractivity contribution is 7.47. The standard InChI is InChI=1S/C81H154O17P2/c1-8-11-12-13-14-15-16-17-18-25-30-35-40-48-55-62-78(83)91-68-76(97-80(85)64-57-50-41-36-31-26-21-19-23-28-33-38-45-52-59-72(4)5)70-95-99(87,88)93-66-75(82)67-94-100(89,90)96-71-77(69-92-79(84)63-56-49-44-43-47-54-61-74(7)10-3)98-81(86)65-58-51-42-37-32-27-22-20-24-29-34-39-46-53-60-73(6)9-2/h15-18,72-77,82H,8-14,19-71H2,1-7H3,(H,87,88)(H,89,90)/b16-15-,18-17-/t73?,74?,75-,76-,77-/m1/s1. The van der Waals surface area contributed by atoms with Gasteiger partial charge in [0.2, 0.25) is 0 Å². The first kappa shape index (κ1) is 97.5. The fraction of sp³-hybridized carbons (Fsp3) is 0.901. The van der Waals surface area contributed by atoms with Crippen molar-refractivity contribution in [2.24, 2.45) is 17.8 Å². The molecule has 0 saturated carbocycles. The molecule has 0 aliphatic rings. The molecule has 0 heterocycles. The Hall–Kier alpha value is -2.46. The molecule has 0 fully saturated rings. The summed E-state index contributed by atoms with van der Waals surface area (Å²) in [5, 5.41) is 10.6. The SMILES string of the molecule is CCCCCC/C=C\C=C/CCCCCCCC(=O)OC[C@H](COP(=O)(O)OC[C@@H](O)COP(=O)(O)OC[C@@H](COC(=O)CCCCCCCCC(C)CC)OC(=O)CCCCCCCCCCCCCCCCC(C)CC)OC(=O)CCCCCCCCCCCCCCCCC(C)C. The van der Waals surface area contributed by atoms with E-state index in [1.165, 1.54) is 180 Å². The van der Waals surface area contributed by atoms with Crippen LogP contribution in [0.4, 0.5) is 0 Å². The summed E-state index contributed by atoms with van der Waals surface area (Å²) < 4.78 is 68.7. The third-order valence-electron chi connectivity index (χ3n) is 19.0. The van der Waals surface area contributed by atoms with Gasteiger partial charge in [0.1, 0.15) is 19.3 Å². The summed E-state index contributed by atoms with van der Waals surface area (Å²) in [5.74, 6) is 0.224. The van der Waals surface area contributed by atoms with E-state index < -0.39 is 97.5 Å². The molecule has 0 aromatic rings. The van der Waals surface area contributed by atoms with Crippen LogP contribution in [0.5, 0.6) is 0 Å². The third kappa shape index (κ3) is 71.2. The summed E-state index contributed by atoms with van der Waals surface area (Å²) in [6, 6.07) is 0. The summed E-state index contributed by atoms with van der Waals surface area (Å²) in [7, 11) is -9.93. The highest BCUT2D eigenvalue weighted by Gasteiger charge is 2.30. The predicted molar refractivity (Wildman–Crippen MR) is 409 cm³/mol. The quantitative estimate of drug-likeness (QED) is 0.0169. The number of hydrogen-bond donors (Lipinski definition) is 3. The van der Waals surface area contributed by atoms with Crippen LogP contribution in [0.1, 0.15) is 395 Å². The maximum Gasteiger partial charge on any atom is 0.472 e. The number of aliphatic hydroxyl groups excluding tert-OH is 1. The average molecular weight is 1460 g/mol. The number of carbonyl (C=O) groups excluding carboxylic acids is 4. The maximum absolute atomic E-state index is 13.1. The van der Waals surface area contributed by atoms with Gasteiger partial charge >= 0.3 is 39.5 Å². The normalized spacial score (nSPS) is 14.7. The number of ether oxygens (including phenoxy) is 4. The van der Waals surface area contributed by atoms with Gasteiger partial charge in [0.25, 0.3) is 0 Å². The summed E-state index contributed by atoms with van der Waals surface area (Å²) >= 11 is 0. The van der Waals surface area contributed by atoms with Crippen molar-refractivity contribution in [3.8, 4) is 0 Å². The lowest BCUT2D eigenvalue weighted by atomic mass is 9.99. The smallest absolute Gasteiger partial charge is 0.462 e. The number of phosphoric ester groups is 2. The van der Waals surface area contributed by atoms with Crippen molar-refractivity contribution in [1.82, 2.24) is 0 Å². The topological polar surface area (TPSA) is 237 Å². The van der Waals surface area contributed by atoms with Gasteiger partial charge in [-0.1, -0.05) is 342 Å². The van der Waals surface area contributed by atoms with Crippen LogP contribution in [0, 0.1) is 17.8 Å². The molecule has 100 heavy (non-hydrogen) atoms. The van der Waals surface area contributed by atoms with Crippen molar-refractivity contribution in [2.45, 2.75) is 414 Å². The van der Waals surface area contributed by atoms with Crippen molar-refractivity contribution in [3.63, 3.8) is 0 Å². The zero-order valence-electron chi connectivity index (χ0n) is 65.2. The monoisotopic (exact) mass is 1460 g/mol. The lowest BCUT2D eigenvalue weighted by Gasteiger charge is -2.21. The van der Waals surface area contributed by atoms with Crippen molar-refractivity contribution >= 4 is 39.5 Å². The van der Waals surface area contributed by atoms with E-state index in [9.17, 15) is 43.2 Å². The molecule has 0 amide bonds. The molecular formula is C81H154O17P2. The van der Waals surface area contributed by atoms with Gasteiger partial charge in [-0.2, -0.15) is 0 Å². The van der Waals surface area contributed by atoms with Gasteiger partial charge in [-0.15, -0.1) is 0 Å². The number of esters is 4. The lowest BCUT2D eigenvalue weighted by molar-refractivity contribution is -0.161. The van der Waals surface area contributed by atoms with E-state index in [0.717, 1.165) is 133 Å². The molecule has 0 aromatic heterocycles. The lowest BCUT2D eigenvalue weighted by Crippen LogP contribution is -2.30. The highest BCUT2D eigenvalue weighted by Crippen LogP contribution is 2.45. The second-order valence-electron chi connectivity index (χ2n) is 29.4. The Morgan fingerprint density at radius 3 is 0.890 bits per heavy atom. The van der Waals surface area contributed by atoms with E-state index >= 15 is 0 Å². The predicted octanol–water partition coefficient (Wildman–Crippen LogP) is 23.7. The van der Waals surface area contributed by atoms with Crippen molar-refractivity contribution < 1.29 is 80.2 Å². The molecule has 4 unspecified atom stereocenters. The number of phosphoric acid groups is 2. The summed E-state index contributed by atoms with van der Waals surface area (Å²) in [6.07, 6.45) is 61.8. The van der Waals surface area contributed by atoms with Crippen LogP contribution in [0.3, 0.4) is 0 Å². The van der Waals surface area contributed by atoms with Crippen LogP contribution < -0.4 is 0 Å². The first-order valence-electron chi connectivity index (χ1n) is 41.2. The Balaban J connectivity index is 5.28. The van der Waals surface area contributed by atoms with Gasteiger partial charge in [-0.05, 0) is 69.1 Å². The van der Waals surface area contributed by atoms with Gasteiger partial charge < -0.3 is 33.8 Å². The van der Waals surface area contributed by atoms with Gasteiger partial charge in [0.05, 0.1) is 26.4 Å². The molecule has 19 heteroatoms. The molecule has 0 bridgehead atoms. The Morgan fingerprint density at radius 2 is 0.590 bits per heavy atom. The van der Waals surface area contributed by atoms with Crippen LogP contribution in [-0.4, -0.2) is 96.7 Å². The number of rotatable bonds is 77. The molecule has 7 atom stereocenters. The van der Waals surface area contributed by atoms with Crippen molar-refractivity contribution in [1.29, 1.82) is 0 Å². The Labute approximate surface area is 612 Å². The molecule has 0 aliphatic carbocycles. The number of unbranched alkanes of at least 4 members (excludes halogenated alkanes) is 40.